The largest absolute Gasteiger partial charge is 0.506 e. The fourth-order valence-electron chi connectivity index (χ4n) is 3.30. The first kappa shape index (κ1) is 32.0. The molecule has 4 aromatic carbocycles. The monoisotopic (exact) mass is 623 g/mol. The number of amides is 2. The summed E-state index contributed by atoms with van der Waals surface area (Å²) < 4.78 is 0. The number of anilines is 4. The average molecular weight is 624 g/mol. The number of hydrogen-bond donors (Lipinski definition) is 7. The maximum atomic E-state index is 11.8. The number of carbonyl (C=O) groups excluding carboxylic acids is 1. The van der Waals surface area contributed by atoms with Crippen LogP contribution in [-0.2, 0) is 0 Å². The number of hydrogen-bond acceptors (Lipinski definition) is 11. The third-order valence-corrected chi connectivity index (χ3v) is 5.56. The Balaban J connectivity index is 0.000000244. The number of nitrogens with one attached hydrogen (secondary N) is 4. The number of para-hydroxylation sites is 1. The van der Waals surface area contributed by atoms with Gasteiger partial charge in [-0.1, -0.05) is 18.2 Å². The molecule has 0 aliphatic carbocycles. The summed E-state index contributed by atoms with van der Waals surface area (Å²) >= 11 is 5.09. The molecule has 0 bridgehead atoms. The van der Waals surface area contributed by atoms with E-state index in [4.69, 9.17) is 12.2 Å². The number of carbonyl (C=O) groups is 1. The molecule has 7 N–H and O–H groups in total. The highest BCUT2D eigenvalue weighted by Gasteiger charge is 2.15. The zero-order valence-corrected chi connectivity index (χ0v) is 22.8. The first-order chi connectivity index (χ1) is 20.8. The van der Waals surface area contributed by atoms with E-state index in [1.165, 1.54) is 12.1 Å². The molecule has 0 spiro atoms. The van der Waals surface area contributed by atoms with Gasteiger partial charge >= 0.3 is 6.03 Å². The minimum Gasteiger partial charge on any atom is -0.506 e. The molecule has 0 fully saturated rings. The summed E-state index contributed by atoms with van der Waals surface area (Å²) in [5, 5.41) is 71.1. The molecule has 0 aromatic heterocycles. The smallest absolute Gasteiger partial charge is 0.323 e. The van der Waals surface area contributed by atoms with Crippen molar-refractivity contribution in [3.05, 3.63) is 115 Å². The van der Waals surface area contributed by atoms with Gasteiger partial charge in [-0.2, -0.15) is 0 Å². The van der Waals surface area contributed by atoms with Crippen LogP contribution in [0.3, 0.4) is 0 Å². The van der Waals surface area contributed by atoms with Gasteiger partial charge in [0, 0.05) is 23.9 Å². The molecule has 17 nitrogen and oxygen atoms in total. The zero-order chi connectivity index (χ0) is 32.4. The number of nitrogens with zero attached hydrogens (tertiary/aromatic N) is 3. The number of thiocarbonyl (C=S) groups is 1. The summed E-state index contributed by atoms with van der Waals surface area (Å²) in [6.07, 6.45) is 0. The third kappa shape index (κ3) is 8.97. The minimum absolute atomic E-state index is 0.0977. The predicted octanol–water partition coefficient (Wildman–Crippen LogP) is 5.67. The van der Waals surface area contributed by atoms with E-state index in [1.54, 1.807) is 0 Å². The van der Waals surface area contributed by atoms with Crippen molar-refractivity contribution in [1.82, 2.24) is 0 Å². The number of nitro groups is 3. The van der Waals surface area contributed by atoms with Crippen LogP contribution in [0.2, 0.25) is 0 Å². The number of rotatable bonds is 7. The van der Waals surface area contributed by atoms with E-state index in [0.717, 1.165) is 48.2 Å². The number of benzene rings is 4. The van der Waals surface area contributed by atoms with Crippen LogP contribution in [0, 0.1) is 30.3 Å². The van der Waals surface area contributed by atoms with Crippen LogP contribution in [0.1, 0.15) is 0 Å². The van der Waals surface area contributed by atoms with Crippen molar-refractivity contribution >= 4 is 63.2 Å². The van der Waals surface area contributed by atoms with E-state index in [0.29, 0.717) is 5.69 Å². The average Bonchev–Trinajstić information content (AvgIpc) is 2.96. The van der Waals surface area contributed by atoms with Crippen LogP contribution in [-0.4, -0.2) is 41.2 Å². The van der Waals surface area contributed by atoms with Crippen molar-refractivity contribution < 1.29 is 34.9 Å². The van der Waals surface area contributed by atoms with Crippen LogP contribution in [0.25, 0.3) is 0 Å². The molecule has 0 aliphatic rings. The number of aromatic hydroxyl groups is 3. The number of phenols is 3. The molecular formula is C26H21N7O10S. The molecule has 0 saturated carbocycles. The summed E-state index contributed by atoms with van der Waals surface area (Å²) in [6.45, 7) is 0. The van der Waals surface area contributed by atoms with Crippen LogP contribution >= 0.6 is 12.2 Å². The first-order valence-corrected chi connectivity index (χ1v) is 12.4. The van der Waals surface area contributed by atoms with Crippen molar-refractivity contribution in [2.75, 3.05) is 21.3 Å². The maximum absolute atomic E-state index is 11.8. The summed E-state index contributed by atoms with van der Waals surface area (Å²) in [7, 11) is 0. The SMILES string of the molecule is O=C(Nc1ccc([N+](=O)[O-])cc1O)Nc1ccc([N+](=O)[O-])cc1O.O=[N+]([O-])c1ccc(NC(=S)Nc2ccccc2)c(O)c1. The topological polar surface area (TPSA) is 255 Å². The van der Waals surface area contributed by atoms with Gasteiger partial charge in [-0.15, -0.1) is 0 Å². The Bertz CT molecular complexity index is 1670. The molecule has 44 heavy (non-hydrogen) atoms. The lowest BCUT2D eigenvalue weighted by atomic mass is 10.2. The molecule has 2 amide bonds. The maximum Gasteiger partial charge on any atom is 0.323 e. The lowest BCUT2D eigenvalue weighted by Gasteiger charge is -2.11. The fourth-order valence-corrected chi connectivity index (χ4v) is 3.53. The lowest BCUT2D eigenvalue weighted by molar-refractivity contribution is -0.385. The van der Waals surface area contributed by atoms with Crippen LogP contribution in [0.15, 0.2) is 84.9 Å². The molecule has 0 atom stereocenters. The van der Waals surface area contributed by atoms with E-state index in [9.17, 15) is 50.5 Å². The van der Waals surface area contributed by atoms with E-state index in [1.807, 2.05) is 30.3 Å². The molecule has 4 rings (SSSR count). The summed E-state index contributed by atoms with van der Waals surface area (Å²) in [5.41, 5.74) is 0.00219. The molecule has 0 heterocycles. The van der Waals surface area contributed by atoms with E-state index in [2.05, 4.69) is 21.3 Å². The number of phenolic OH excluding ortho intramolecular Hbond substituents is 3. The van der Waals surface area contributed by atoms with Crippen molar-refractivity contribution in [3.63, 3.8) is 0 Å². The zero-order valence-electron chi connectivity index (χ0n) is 22.0. The molecule has 18 heteroatoms. The van der Waals surface area contributed by atoms with Gasteiger partial charge in [0.1, 0.15) is 17.2 Å². The Morgan fingerprint density at radius 3 is 1.27 bits per heavy atom. The second-order valence-electron chi connectivity index (χ2n) is 8.40. The third-order valence-electron chi connectivity index (χ3n) is 5.35. The van der Waals surface area contributed by atoms with Gasteiger partial charge in [-0.3, -0.25) is 30.3 Å². The Morgan fingerprint density at radius 1 is 0.568 bits per heavy atom. The van der Waals surface area contributed by atoms with Crippen LogP contribution in [0.4, 0.5) is 44.6 Å². The Labute approximate surface area is 251 Å². The highest BCUT2D eigenvalue weighted by atomic mass is 32.1. The van der Waals surface area contributed by atoms with Gasteiger partial charge in [0.25, 0.3) is 17.1 Å². The molecule has 226 valence electrons. The molecular weight excluding hydrogens is 602 g/mol. The molecule has 0 saturated heterocycles. The summed E-state index contributed by atoms with van der Waals surface area (Å²) in [6, 6.07) is 18.3. The van der Waals surface area contributed by atoms with Gasteiger partial charge in [-0.25, -0.2) is 4.79 Å². The minimum atomic E-state index is -0.872. The predicted molar refractivity (Wildman–Crippen MR) is 163 cm³/mol. The fraction of sp³-hybridized carbons (Fsp3) is 0. The van der Waals surface area contributed by atoms with Gasteiger partial charge < -0.3 is 36.6 Å². The Kier molecular flexibility index (Phi) is 10.4. The molecule has 4 aromatic rings. The normalized spacial score (nSPS) is 9.91. The Hall–Kier alpha value is -6.56. The number of urea groups is 1. The van der Waals surface area contributed by atoms with Gasteiger partial charge in [-0.05, 0) is 42.5 Å². The highest BCUT2D eigenvalue weighted by Crippen LogP contribution is 2.30. The molecule has 0 unspecified atom stereocenters. The first-order valence-electron chi connectivity index (χ1n) is 12.0. The van der Waals surface area contributed by atoms with Crippen molar-refractivity contribution in [2.45, 2.75) is 0 Å². The number of nitro benzene ring substituents is 3. The lowest BCUT2D eigenvalue weighted by Crippen LogP contribution is -2.19. The van der Waals surface area contributed by atoms with E-state index in [-0.39, 0.29) is 39.3 Å². The van der Waals surface area contributed by atoms with E-state index >= 15 is 0 Å². The van der Waals surface area contributed by atoms with Crippen molar-refractivity contribution in [1.29, 1.82) is 0 Å². The van der Waals surface area contributed by atoms with Crippen LogP contribution < -0.4 is 21.3 Å². The highest BCUT2D eigenvalue weighted by molar-refractivity contribution is 7.80. The van der Waals surface area contributed by atoms with Gasteiger partial charge in [0.15, 0.2) is 5.11 Å². The standard InChI is InChI=1S/C13H10N4O7.C13H11N3O3S/c18-11-5-7(16(21)22)1-3-9(11)14-13(20)15-10-4-2-8(17(23)24)6-12(10)19;17-12-8-10(16(18)19)6-7-11(12)15-13(20)14-9-4-2-1-3-5-9/h1-6,18-19H,(H2,14,15,20);1-8,17H,(H2,14,15,20). The van der Waals surface area contributed by atoms with Crippen molar-refractivity contribution in [2.24, 2.45) is 0 Å². The van der Waals surface area contributed by atoms with Crippen LogP contribution in [0.5, 0.6) is 17.2 Å². The van der Waals surface area contributed by atoms with Gasteiger partial charge in [0.2, 0.25) is 0 Å². The Morgan fingerprint density at radius 2 is 0.932 bits per heavy atom. The summed E-state index contributed by atoms with van der Waals surface area (Å²) in [5.74, 6) is -1.28. The second kappa shape index (κ2) is 14.4. The molecule has 0 radical (unpaired) electrons. The second-order valence-corrected chi connectivity index (χ2v) is 8.81. The van der Waals surface area contributed by atoms with E-state index < -0.39 is 32.3 Å². The summed E-state index contributed by atoms with van der Waals surface area (Å²) in [4.78, 5) is 41.5. The van der Waals surface area contributed by atoms with Crippen molar-refractivity contribution in [3.8, 4) is 17.2 Å². The molecule has 0 aliphatic heterocycles. The number of non-ortho nitro benzene ring substituents is 3. The van der Waals surface area contributed by atoms with Gasteiger partial charge in [0.05, 0.1) is 50.0 Å². The quantitative estimate of drug-likeness (QED) is 0.0567.